The number of piperidine rings is 1. The van der Waals surface area contributed by atoms with Crippen molar-refractivity contribution in [1.29, 1.82) is 0 Å². The van der Waals surface area contributed by atoms with E-state index < -0.39 is 12.4 Å². The maximum atomic E-state index is 14.1. The number of fused-ring (bicyclic) bond motifs is 1. The van der Waals surface area contributed by atoms with E-state index in [9.17, 15) is 18.7 Å². The Balaban J connectivity index is 1.61. The molecule has 2 aromatic carbocycles. The Labute approximate surface area is 188 Å². The first-order chi connectivity index (χ1) is 15.3. The number of carboxylic acid groups (broad SMARTS) is 1. The van der Waals surface area contributed by atoms with Gasteiger partial charge in [0.25, 0.3) is 6.43 Å². The fourth-order valence-corrected chi connectivity index (χ4v) is 5.50. The van der Waals surface area contributed by atoms with Crippen LogP contribution in [-0.4, -0.2) is 30.3 Å². The molecule has 174 valence electrons. The second-order valence-electron chi connectivity index (χ2n) is 9.86. The van der Waals surface area contributed by atoms with Crippen molar-refractivity contribution in [3.63, 3.8) is 0 Å². The summed E-state index contributed by atoms with van der Waals surface area (Å²) in [4.78, 5) is 11.5. The Kier molecular flexibility index (Phi) is 6.99. The van der Waals surface area contributed by atoms with Crippen LogP contribution in [-0.2, 0) is 11.2 Å². The van der Waals surface area contributed by atoms with Gasteiger partial charge in [-0.25, -0.2) is 8.78 Å². The van der Waals surface area contributed by atoms with Crippen molar-refractivity contribution in [3.05, 3.63) is 41.5 Å². The lowest BCUT2D eigenvalue weighted by molar-refractivity contribution is -0.140. The smallest absolute Gasteiger partial charge is 0.303 e. The van der Waals surface area contributed by atoms with Crippen LogP contribution in [0.15, 0.2) is 30.3 Å². The Morgan fingerprint density at radius 2 is 2.00 bits per heavy atom. The maximum absolute atomic E-state index is 14.1. The molecular weight excluding hydrogens is 412 g/mol. The molecule has 1 saturated heterocycles. The van der Waals surface area contributed by atoms with Crippen LogP contribution in [0.2, 0.25) is 0 Å². The van der Waals surface area contributed by atoms with Gasteiger partial charge in [0.1, 0.15) is 5.75 Å². The average Bonchev–Trinajstić information content (AvgIpc) is 2.75. The zero-order chi connectivity index (χ0) is 22.7. The van der Waals surface area contributed by atoms with Crippen LogP contribution in [0.4, 0.5) is 8.78 Å². The first kappa shape index (κ1) is 23.0. The van der Waals surface area contributed by atoms with Gasteiger partial charge in [0, 0.05) is 6.54 Å². The summed E-state index contributed by atoms with van der Waals surface area (Å²) >= 11 is 0. The van der Waals surface area contributed by atoms with Gasteiger partial charge in [0.2, 0.25) is 0 Å². The number of benzene rings is 2. The Bertz CT molecular complexity index is 947. The van der Waals surface area contributed by atoms with Crippen molar-refractivity contribution in [1.82, 2.24) is 5.32 Å². The summed E-state index contributed by atoms with van der Waals surface area (Å²) < 4.78 is 34.3. The minimum absolute atomic E-state index is 0.00454. The van der Waals surface area contributed by atoms with E-state index in [1.165, 1.54) is 0 Å². The first-order valence-corrected chi connectivity index (χ1v) is 11.8. The van der Waals surface area contributed by atoms with E-state index >= 15 is 0 Å². The number of carbonyl (C=O) groups is 1. The fraction of sp³-hybridized carbons (Fsp3) is 0.577. The van der Waals surface area contributed by atoms with Crippen molar-refractivity contribution in [2.75, 3.05) is 13.1 Å². The lowest BCUT2D eigenvalue weighted by Crippen LogP contribution is -2.42. The highest BCUT2D eigenvalue weighted by Gasteiger charge is 2.34. The van der Waals surface area contributed by atoms with E-state index in [4.69, 9.17) is 4.74 Å². The van der Waals surface area contributed by atoms with Crippen LogP contribution in [0, 0.1) is 11.3 Å². The van der Waals surface area contributed by atoms with E-state index in [2.05, 4.69) is 12.2 Å². The molecule has 2 N–H and O–H groups in total. The molecule has 2 fully saturated rings. The molecule has 4 nitrogen and oxygen atoms in total. The van der Waals surface area contributed by atoms with E-state index in [1.54, 1.807) is 12.1 Å². The van der Waals surface area contributed by atoms with Gasteiger partial charge < -0.3 is 15.2 Å². The standard InChI is InChI=1S/C26H33F2NO3/c1-17-3-7-20(8-4-17)32-22-10-6-19-13-18(5-9-21(19)24(22)25(27)28)14-26(15-23(30)31)11-2-12-29-16-26/h5-6,9-10,13,17,20,25,29H,2-4,7-8,11-12,14-16H2,1H3,(H,30,31)/t17?,20?,26-/m1/s1. The van der Waals surface area contributed by atoms with Gasteiger partial charge in [-0.3, -0.25) is 4.79 Å². The number of alkyl halides is 2. The monoisotopic (exact) mass is 445 g/mol. The molecule has 2 aliphatic rings. The summed E-state index contributed by atoms with van der Waals surface area (Å²) in [6.45, 7) is 3.78. The molecule has 4 rings (SSSR count). The molecule has 6 heteroatoms. The van der Waals surface area contributed by atoms with Crippen molar-refractivity contribution in [2.24, 2.45) is 11.3 Å². The number of aliphatic carboxylic acids is 1. The summed E-state index contributed by atoms with van der Waals surface area (Å²) in [5, 5.41) is 14.0. The highest BCUT2D eigenvalue weighted by atomic mass is 19.3. The summed E-state index contributed by atoms with van der Waals surface area (Å²) in [7, 11) is 0. The predicted molar refractivity (Wildman–Crippen MR) is 121 cm³/mol. The molecule has 1 aliphatic carbocycles. The number of hydrogen-bond donors (Lipinski definition) is 2. The van der Waals surface area contributed by atoms with Crippen LogP contribution in [0.25, 0.3) is 10.8 Å². The topological polar surface area (TPSA) is 58.6 Å². The third-order valence-electron chi connectivity index (χ3n) is 7.23. The molecule has 0 aromatic heterocycles. The highest BCUT2D eigenvalue weighted by molar-refractivity contribution is 5.88. The Morgan fingerprint density at radius 3 is 2.66 bits per heavy atom. The molecule has 0 spiro atoms. The van der Waals surface area contributed by atoms with Crippen LogP contribution in [0.5, 0.6) is 5.75 Å². The molecule has 32 heavy (non-hydrogen) atoms. The molecule has 0 amide bonds. The first-order valence-electron chi connectivity index (χ1n) is 11.8. The van der Waals surface area contributed by atoms with Gasteiger partial charge in [-0.1, -0.05) is 31.2 Å². The third kappa shape index (κ3) is 5.22. The second kappa shape index (κ2) is 9.74. The number of nitrogens with one attached hydrogen (secondary N) is 1. The van der Waals surface area contributed by atoms with E-state index in [1.807, 2.05) is 18.2 Å². The lowest BCUT2D eigenvalue weighted by Gasteiger charge is -2.37. The van der Waals surface area contributed by atoms with Gasteiger partial charge >= 0.3 is 5.97 Å². The summed E-state index contributed by atoms with van der Waals surface area (Å²) in [6.07, 6.45) is 3.82. The molecular formula is C26H33F2NO3. The van der Waals surface area contributed by atoms with Crippen LogP contribution >= 0.6 is 0 Å². The van der Waals surface area contributed by atoms with E-state index in [-0.39, 0.29) is 23.5 Å². The summed E-state index contributed by atoms with van der Waals surface area (Å²) in [5.74, 6) is 0.162. The van der Waals surface area contributed by atoms with Gasteiger partial charge in [0.05, 0.1) is 18.1 Å². The quantitative estimate of drug-likeness (QED) is 0.539. The van der Waals surface area contributed by atoms with Gasteiger partial charge in [-0.05, 0) is 85.2 Å². The molecule has 1 atom stereocenters. The van der Waals surface area contributed by atoms with Crippen LogP contribution in [0.1, 0.15) is 69.4 Å². The maximum Gasteiger partial charge on any atom is 0.303 e. The molecule has 2 aromatic rings. The van der Waals surface area contributed by atoms with E-state index in [0.717, 1.165) is 56.0 Å². The van der Waals surface area contributed by atoms with Gasteiger partial charge in [-0.15, -0.1) is 0 Å². The normalized spacial score (nSPS) is 26.4. The van der Waals surface area contributed by atoms with E-state index in [0.29, 0.717) is 30.0 Å². The second-order valence-corrected chi connectivity index (χ2v) is 9.86. The summed E-state index contributed by atoms with van der Waals surface area (Å²) in [6, 6.07) is 9.10. The Hall–Kier alpha value is -2.21. The third-order valence-corrected chi connectivity index (χ3v) is 7.23. The average molecular weight is 446 g/mol. The minimum atomic E-state index is -2.62. The summed E-state index contributed by atoms with van der Waals surface area (Å²) in [5.41, 5.74) is 0.606. The highest BCUT2D eigenvalue weighted by Crippen LogP contribution is 2.40. The molecule has 0 unspecified atom stereocenters. The largest absolute Gasteiger partial charge is 0.490 e. The van der Waals surface area contributed by atoms with Crippen molar-refractivity contribution in [3.8, 4) is 5.75 Å². The Morgan fingerprint density at radius 1 is 1.22 bits per heavy atom. The fourth-order valence-electron chi connectivity index (χ4n) is 5.50. The molecule has 0 bridgehead atoms. The number of ether oxygens (including phenoxy) is 1. The van der Waals surface area contributed by atoms with Crippen molar-refractivity contribution < 1.29 is 23.4 Å². The van der Waals surface area contributed by atoms with Gasteiger partial charge in [-0.2, -0.15) is 0 Å². The number of rotatable bonds is 7. The molecule has 1 aliphatic heterocycles. The number of halogens is 2. The number of carboxylic acids is 1. The van der Waals surface area contributed by atoms with Crippen LogP contribution < -0.4 is 10.1 Å². The van der Waals surface area contributed by atoms with Crippen molar-refractivity contribution >= 4 is 16.7 Å². The van der Waals surface area contributed by atoms with Gasteiger partial charge in [0.15, 0.2) is 0 Å². The molecule has 0 radical (unpaired) electrons. The predicted octanol–water partition coefficient (Wildman–Crippen LogP) is 6.12. The zero-order valence-corrected chi connectivity index (χ0v) is 18.7. The molecule has 1 saturated carbocycles. The lowest BCUT2D eigenvalue weighted by atomic mass is 9.73. The zero-order valence-electron chi connectivity index (χ0n) is 18.7. The SMILES string of the molecule is CC1CCC(Oc2ccc3cc(C[C@@]4(CC(=O)O)CCCNC4)ccc3c2C(F)F)CC1. The van der Waals surface area contributed by atoms with Crippen molar-refractivity contribution in [2.45, 2.75) is 70.8 Å². The number of hydrogen-bond acceptors (Lipinski definition) is 3. The van der Waals surface area contributed by atoms with Crippen LogP contribution in [0.3, 0.4) is 0 Å². The minimum Gasteiger partial charge on any atom is -0.490 e. The molecule has 1 heterocycles.